The van der Waals surface area contributed by atoms with Crippen molar-refractivity contribution in [1.29, 1.82) is 0 Å². The zero-order chi connectivity index (χ0) is 14.7. The van der Waals surface area contributed by atoms with Crippen molar-refractivity contribution in [1.82, 2.24) is 5.32 Å². The molecule has 0 aliphatic carbocycles. The predicted octanol–water partition coefficient (Wildman–Crippen LogP) is 3.16. The second-order valence-corrected chi connectivity index (χ2v) is 4.41. The predicted molar refractivity (Wildman–Crippen MR) is 70.3 cm³/mol. The van der Waals surface area contributed by atoms with E-state index in [9.17, 15) is 18.7 Å². The SMILES string of the molecule is CC(NC(=O)c1cc(F)ccc1O)c1cccc(F)c1. The van der Waals surface area contributed by atoms with Crippen LogP contribution in [0.25, 0.3) is 0 Å². The lowest BCUT2D eigenvalue weighted by atomic mass is 10.1. The monoisotopic (exact) mass is 277 g/mol. The summed E-state index contributed by atoms with van der Waals surface area (Å²) in [6, 6.07) is 8.45. The lowest BCUT2D eigenvalue weighted by molar-refractivity contribution is 0.0936. The van der Waals surface area contributed by atoms with Gasteiger partial charge < -0.3 is 10.4 Å². The Morgan fingerprint density at radius 2 is 1.85 bits per heavy atom. The van der Waals surface area contributed by atoms with Crippen LogP contribution in [0.15, 0.2) is 42.5 Å². The van der Waals surface area contributed by atoms with Crippen LogP contribution in [0.1, 0.15) is 28.9 Å². The van der Waals surface area contributed by atoms with Gasteiger partial charge in [-0.25, -0.2) is 8.78 Å². The third kappa shape index (κ3) is 3.12. The Morgan fingerprint density at radius 1 is 1.15 bits per heavy atom. The molecule has 0 saturated carbocycles. The van der Waals surface area contributed by atoms with E-state index in [0.29, 0.717) is 5.56 Å². The fourth-order valence-corrected chi connectivity index (χ4v) is 1.82. The molecule has 20 heavy (non-hydrogen) atoms. The number of carbonyl (C=O) groups is 1. The normalized spacial score (nSPS) is 11.9. The zero-order valence-electron chi connectivity index (χ0n) is 10.7. The summed E-state index contributed by atoms with van der Waals surface area (Å²) in [5.41, 5.74) is 0.419. The van der Waals surface area contributed by atoms with Gasteiger partial charge in [-0.05, 0) is 42.8 Å². The molecule has 1 amide bonds. The fraction of sp³-hybridized carbons (Fsp3) is 0.133. The van der Waals surface area contributed by atoms with Crippen molar-refractivity contribution < 1.29 is 18.7 Å². The fourth-order valence-electron chi connectivity index (χ4n) is 1.82. The molecule has 0 heterocycles. The molecule has 0 aromatic heterocycles. The number of hydrogen-bond acceptors (Lipinski definition) is 2. The summed E-state index contributed by atoms with van der Waals surface area (Å²) < 4.78 is 26.2. The van der Waals surface area contributed by atoms with Crippen LogP contribution in [-0.4, -0.2) is 11.0 Å². The molecule has 2 rings (SSSR count). The van der Waals surface area contributed by atoms with E-state index in [1.165, 1.54) is 18.2 Å². The number of carbonyl (C=O) groups excluding carboxylic acids is 1. The van der Waals surface area contributed by atoms with Crippen molar-refractivity contribution in [2.75, 3.05) is 0 Å². The first-order chi connectivity index (χ1) is 9.47. The maximum Gasteiger partial charge on any atom is 0.255 e. The van der Waals surface area contributed by atoms with Gasteiger partial charge in [0, 0.05) is 0 Å². The van der Waals surface area contributed by atoms with Crippen LogP contribution >= 0.6 is 0 Å². The van der Waals surface area contributed by atoms with E-state index in [4.69, 9.17) is 0 Å². The summed E-state index contributed by atoms with van der Waals surface area (Å²) in [5, 5.41) is 12.1. The highest BCUT2D eigenvalue weighted by atomic mass is 19.1. The quantitative estimate of drug-likeness (QED) is 0.905. The van der Waals surface area contributed by atoms with Crippen molar-refractivity contribution >= 4 is 5.91 Å². The molecule has 0 fully saturated rings. The minimum Gasteiger partial charge on any atom is -0.507 e. The molecule has 2 N–H and O–H groups in total. The van der Waals surface area contributed by atoms with Crippen LogP contribution in [-0.2, 0) is 0 Å². The summed E-state index contributed by atoms with van der Waals surface area (Å²) in [4.78, 5) is 12.0. The number of phenols is 1. The Balaban J connectivity index is 2.17. The van der Waals surface area contributed by atoms with E-state index in [0.717, 1.165) is 18.2 Å². The summed E-state index contributed by atoms with van der Waals surface area (Å²) in [7, 11) is 0. The molecule has 2 aromatic carbocycles. The average molecular weight is 277 g/mol. The second kappa shape index (κ2) is 5.69. The van der Waals surface area contributed by atoms with Crippen molar-refractivity contribution in [2.24, 2.45) is 0 Å². The molecule has 104 valence electrons. The molecule has 3 nitrogen and oxygen atoms in total. The van der Waals surface area contributed by atoms with Gasteiger partial charge in [0.1, 0.15) is 17.4 Å². The van der Waals surface area contributed by atoms with Gasteiger partial charge >= 0.3 is 0 Å². The molecule has 1 unspecified atom stereocenters. The molecule has 0 aliphatic rings. The van der Waals surface area contributed by atoms with Crippen LogP contribution in [0, 0.1) is 11.6 Å². The highest BCUT2D eigenvalue weighted by molar-refractivity contribution is 5.97. The van der Waals surface area contributed by atoms with Gasteiger partial charge in [-0.2, -0.15) is 0 Å². The number of hydrogen-bond donors (Lipinski definition) is 2. The molecule has 1 atom stereocenters. The van der Waals surface area contributed by atoms with Crippen molar-refractivity contribution in [2.45, 2.75) is 13.0 Å². The Labute approximate surface area is 114 Å². The Hall–Kier alpha value is -2.43. The van der Waals surface area contributed by atoms with Gasteiger partial charge in [-0.3, -0.25) is 4.79 Å². The molecule has 0 saturated heterocycles. The first-order valence-electron chi connectivity index (χ1n) is 6.02. The van der Waals surface area contributed by atoms with Crippen molar-refractivity contribution in [3.8, 4) is 5.75 Å². The Kier molecular flexibility index (Phi) is 3.98. The van der Waals surface area contributed by atoms with Crippen LogP contribution in [0.4, 0.5) is 8.78 Å². The van der Waals surface area contributed by atoms with Gasteiger partial charge in [0.2, 0.25) is 0 Å². The zero-order valence-corrected chi connectivity index (χ0v) is 10.7. The molecule has 5 heteroatoms. The number of rotatable bonds is 3. The third-order valence-corrected chi connectivity index (χ3v) is 2.90. The second-order valence-electron chi connectivity index (χ2n) is 4.41. The van der Waals surface area contributed by atoms with Gasteiger partial charge in [0.25, 0.3) is 5.91 Å². The largest absolute Gasteiger partial charge is 0.507 e. The van der Waals surface area contributed by atoms with Gasteiger partial charge in [0.15, 0.2) is 0 Å². The molecular formula is C15H13F2NO2. The Morgan fingerprint density at radius 3 is 2.55 bits per heavy atom. The summed E-state index contributed by atoms with van der Waals surface area (Å²) >= 11 is 0. The van der Waals surface area contributed by atoms with Gasteiger partial charge in [0.05, 0.1) is 11.6 Å². The van der Waals surface area contributed by atoms with Crippen LogP contribution in [0.3, 0.4) is 0 Å². The number of nitrogens with one attached hydrogen (secondary N) is 1. The molecule has 0 radical (unpaired) electrons. The molecule has 0 aliphatic heterocycles. The van der Waals surface area contributed by atoms with Gasteiger partial charge in [-0.15, -0.1) is 0 Å². The van der Waals surface area contributed by atoms with E-state index in [1.54, 1.807) is 13.0 Å². The van der Waals surface area contributed by atoms with Crippen molar-refractivity contribution in [3.63, 3.8) is 0 Å². The lowest BCUT2D eigenvalue weighted by Gasteiger charge is -2.15. The summed E-state index contributed by atoms with van der Waals surface area (Å²) in [6.07, 6.45) is 0. The standard InChI is InChI=1S/C15H13F2NO2/c1-9(10-3-2-4-11(16)7-10)18-15(20)13-8-12(17)5-6-14(13)19/h2-9,19H,1H3,(H,18,20). The Bertz CT molecular complexity index is 644. The smallest absolute Gasteiger partial charge is 0.255 e. The number of amides is 1. The summed E-state index contributed by atoms with van der Waals surface area (Å²) in [6.45, 7) is 1.67. The van der Waals surface area contributed by atoms with Crippen LogP contribution in [0.2, 0.25) is 0 Å². The maximum atomic E-state index is 13.1. The van der Waals surface area contributed by atoms with E-state index >= 15 is 0 Å². The maximum absolute atomic E-state index is 13.1. The molecule has 0 spiro atoms. The third-order valence-electron chi connectivity index (χ3n) is 2.90. The number of halogens is 2. The first kappa shape index (κ1) is 14.0. The molecule has 2 aromatic rings. The topological polar surface area (TPSA) is 49.3 Å². The lowest BCUT2D eigenvalue weighted by Crippen LogP contribution is -2.26. The highest BCUT2D eigenvalue weighted by Gasteiger charge is 2.15. The number of aromatic hydroxyl groups is 1. The molecular weight excluding hydrogens is 264 g/mol. The van der Waals surface area contributed by atoms with E-state index in [1.807, 2.05) is 0 Å². The van der Waals surface area contributed by atoms with Gasteiger partial charge in [-0.1, -0.05) is 12.1 Å². The molecule has 0 bridgehead atoms. The average Bonchev–Trinajstić information content (AvgIpc) is 2.41. The number of benzene rings is 2. The summed E-state index contributed by atoms with van der Waals surface area (Å²) in [5.74, 6) is -1.96. The van der Waals surface area contributed by atoms with Crippen LogP contribution in [0.5, 0.6) is 5.75 Å². The minimum atomic E-state index is -0.626. The van der Waals surface area contributed by atoms with Crippen molar-refractivity contribution in [3.05, 3.63) is 65.2 Å². The van der Waals surface area contributed by atoms with Crippen LogP contribution < -0.4 is 5.32 Å². The first-order valence-corrected chi connectivity index (χ1v) is 6.02. The highest BCUT2D eigenvalue weighted by Crippen LogP contribution is 2.20. The minimum absolute atomic E-state index is 0.159. The van der Waals surface area contributed by atoms with E-state index in [2.05, 4.69) is 5.32 Å². The van der Waals surface area contributed by atoms with E-state index < -0.39 is 23.6 Å². The van der Waals surface area contributed by atoms with E-state index in [-0.39, 0.29) is 11.3 Å². The number of phenolic OH excluding ortho intramolecular Hbond substituents is 1.